The molecule has 0 unspecified atom stereocenters. The highest BCUT2D eigenvalue weighted by Crippen LogP contribution is 2.35. The number of oxazole rings is 1. The first-order chi connectivity index (χ1) is 11.8. The van der Waals surface area contributed by atoms with E-state index in [1.807, 2.05) is 48.5 Å². The molecule has 0 aliphatic heterocycles. The van der Waals surface area contributed by atoms with E-state index >= 15 is 0 Å². The number of hydrogen-bond acceptors (Lipinski definition) is 2. The predicted octanol–water partition coefficient (Wildman–Crippen LogP) is 6.45. The van der Waals surface area contributed by atoms with E-state index in [9.17, 15) is 0 Å². The monoisotopic (exact) mass is 329 g/mol. The quantitative estimate of drug-likeness (QED) is 0.353. The van der Waals surface area contributed by atoms with Gasteiger partial charge in [0.25, 0.3) is 0 Å². The maximum absolute atomic E-state index is 6.41. The normalized spacial score (nSPS) is 11.5. The molecule has 114 valence electrons. The zero-order valence-corrected chi connectivity index (χ0v) is 13.4. The molecule has 0 atom stereocenters. The molecular formula is C21H12ClNO. The molecule has 1 aromatic heterocycles. The predicted molar refractivity (Wildman–Crippen MR) is 99.5 cm³/mol. The fraction of sp³-hybridized carbons (Fsp3) is 0. The summed E-state index contributed by atoms with van der Waals surface area (Å²) in [5, 5.41) is 5.04. The third-order valence-electron chi connectivity index (χ3n) is 4.34. The van der Waals surface area contributed by atoms with Gasteiger partial charge in [0, 0.05) is 10.9 Å². The Hall–Kier alpha value is -2.84. The summed E-state index contributed by atoms with van der Waals surface area (Å²) in [6, 6.07) is 24.4. The van der Waals surface area contributed by atoms with Crippen molar-refractivity contribution in [1.82, 2.24) is 4.98 Å². The van der Waals surface area contributed by atoms with Gasteiger partial charge in [-0.1, -0.05) is 66.2 Å². The van der Waals surface area contributed by atoms with Crippen molar-refractivity contribution in [2.75, 3.05) is 0 Å². The van der Waals surface area contributed by atoms with E-state index in [0.29, 0.717) is 16.4 Å². The first-order valence-electron chi connectivity index (χ1n) is 7.76. The Bertz CT molecular complexity index is 1220. The van der Waals surface area contributed by atoms with Crippen molar-refractivity contribution in [3.8, 4) is 11.5 Å². The number of fused-ring (bicyclic) bond motifs is 4. The molecule has 0 bridgehead atoms. The Balaban J connectivity index is 1.80. The number of rotatable bonds is 1. The minimum atomic E-state index is 0.592. The Kier molecular flexibility index (Phi) is 2.88. The van der Waals surface area contributed by atoms with Crippen molar-refractivity contribution in [2.45, 2.75) is 0 Å². The first kappa shape index (κ1) is 13.6. The third-order valence-corrected chi connectivity index (χ3v) is 4.63. The maximum atomic E-state index is 6.41. The molecule has 5 aromatic rings. The van der Waals surface area contributed by atoms with Crippen LogP contribution >= 0.6 is 11.6 Å². The zero-order valence-electron chi connectivity index (χ0n) is 12.7. The van der Waals surface area contributed by atoms with Crippen LogP contribution in [0.4, 0.5) is 0 Å². The molecule has 0 aliphatic rings. The molecule has 0 N–H and O–H groups in total. The average molecular weight is 330 g/mol. The van der Waals surface area contributed by atoms with Crippen molar-refractivity contribution in [3.05, 3.63) is 77.8 Å². The zero-order chi connectivity index (χ0) is 16.1. The van der Waals surface area contributed by atoms with Gasteiger partial charge in [0.05, 0.1) is 5.02 Å². The van der Waals surface area contributed by atoms with Gasteiger partial charge in [0.1, 0.15) is 5.52 Å². The van der Waals surface area contributed by atoms with Crippen molar-refractivity contribution in [3.63, 3.8) is 0 Å². The number of aromatic nitrogens is 1. The molecule has 2 nitrogen and oxygen atoms in total. The van der Waals surface area contributed by atoms with Gasteiger partial charge in [0.2, 0.25) is 5.89 Å². The summed E-state index contributed by atoms with van der Waals surface area (Å²) in [7, 11) is 0. The fourth-order valence-electron chi connectivity index (χ4n) is 3.14. The minimum Gasteiger partial charge on any atom is -0.435 e. The summed E-state index contributed by atoms with van der Waals surface area (Å²) in [5.74, 6) is 0.592. The molecule has 0 aliphatic carbocycles. The lowest BCUT2D eigenvalue weighted by Gasteiger charge is -2.00. The van der Waals surface area contributed by atoms with E-state index < -0.39 is 0 Å². The molecule has 4 aromatic carbocycles. The highest BCUT2D eigenvalue weighted by atomic mass is 35.5. The number of benzene rings is 4. The van der Waals surface area contributed by atoms with Crippen LogP contribution < -0.4 is 0 Å². The topological polar surface area (TPSA) is 26.0 Å². The standard InChI is InChI=1S/C21H12ClNO/c22-18-12-15-7-3-4-8-17(15)20-19(18)23-21(24-20)16-10-9-13-5-1-2-6-14(13)11-16/h1-12H. The SMILES string of the molecule is Clc1cc2ccccc2c2oc(-c3ccc4ccccc4c3)nc12. The molecule has 3 heteroatoms. The second kappa shape index (κ2) is 5.08. The van der Waals surface area contributed by atoms with E-state index in [1.165, 1.54) is 5.39 Å². The van der Waals surface area contributed by atoms with E-state index in [4.69, 9.17) is 16.0 Å². The van der Waals surface area contributed by atoms with Crippen LogP contribution in [0.1, 0.15) is 0 Å². The molecular weight excluding hydrogens is 318 g/mol. The molecule has 1 heterocycles. The Morgan fingerprint density at radius 2 is 1.50 bits per heavy atom. The van der Waals surface area contributed by atoms with E-state index in [2.05, 4.69) is 29.2 Å². The molecule has 24 heavy (non-hydrogen) atoms. The van der Waals surface area contributed by atoms with Crippen LogP contribution in [0.15, 0.2) is 77.2 Å². The Morgan fingerprint density at radius 1 is 0.750 bits per heavy atom. The van der Waals surface area contributed by atoms with Crippen LogP contribution in [0.2, 0.25) is 5.02 Å². The summed E-state index contributed by atoms with van der Waals surface area (Å²) in [6.45, 7) is 0. The van der Waals surface area contributed by atoms with Gasteiger partial charge < -0.3 is 4.42 Å². The van der Waals surface area contributed by atoms with Gasteiger partial charge in [-0.25, -0.2) is 4.98 Å². The average Bonchev–Trinajstić information content (AvgIpc) is 3.08. The summed E-state index contributed by atoms with van der Waals surface area (Å²) in [4.78, 5) is 4.64. The summed E-state index contributed by atoms with van der Waals surface area (Å²) < 4.78 is 6.10. The van der Waals surface area contributed by atoms with Crippen molar-refractivity contribution >= 4 is 44.2 Å². The summed E-state index contributed by atoms with van der Waals surface area (Å²) in [6.07, 6.45) is 0. The number of nitrogens with zero attached hydrogens (tertiary/aromatic N) is 1. The lowest BCUT2D eigenvalue weighted by Crippen LogP contribution is -1.79. The maximum Gasteiger partial charge on any atom is 0.227 e. The summed E-state index contributed by atoms with van der Waals surface area (Å²) in [5.41, 5.74) is 2.39. The Labute approximate surface area is 143 Å². The van der Waals surface area contributed by atoms with Crippen LogP contribution in [0.25, 0.3) is 44.1 Å². The number of hydrogen-bond donors (Lipinski definition) is 0. The van der Waals surface area contributed by atoms with E-state index in [1.54, 1.807) is 0 Å². The van der Waals surface area contributed by atoms with Crippen LogP contribution in [0, 0.1) is 0 Å². The van der Waals surface area contributed by atoms with Gasteiger partial charge in [-0.05, 0) is 34.4 Å². The van der Waals surface area contributed by atoms with Gasteiger partial charge in [0.15, 0.2) is 5.58 Å². The Morgan fingerprint density at radius 3 is 2.38 bits per heavy atom. The second-order valence-corrected chi connectivity index (χ2v) is 6.25. The highest BCUT2D eigenvalue weighted by Gasteiger charge is 2.14. The lowest BCUT2D eigenvalue weighted by atomic mass is 10.1. The van der Waals surface area contributed by atoms with Crippen LogP contribution in [-0.2, 0) is 0 Å². The van der Waals surface area contributed by atoms with Gasteiger partial charge in [-0.2, -0.15) is 0 Å². The molecule has 5 rings (SSSR count). The van der Waals surface area contributed by atoms with Gasteiger partial charge in [-0.3, -0.25) is 0 Å². The second-order valence-electron chi connectivity index (χ2n) is 5.84. The third kappa shape index (κ3) is 2.00. The van der Waals surface area contributed by atoms with Crippen LogP contribution in [-0.4, -0.2) is 4.98 Å². The minimum absolute atomic E-state index is 0.592. The molecule has 0 saturated carbocycles. The van der Waals surface area contributed by atoms with Crippen molar-refractivity contribution in [1.29, 1.82) is 0 Å². The van der Waals surface area contributed by atoms with Crippen molar-refractivity contribution < 1.29 is 4.42 Å². The molecule has 0 radical (unpaired) electrons. The highest BCUT2D eigenvalue weighted by molar-refractivity contribution is 6.36. The van der Waals surface area contributed by atoms with Gasteiger partial charge in [-0.15, -0.1) is 0 Å². The fourth-order valence-corrected chi connectivity index (χ4v) is 3.39. The lowest BCUT2D eigenvalue weighted by molar-refractivity contribution is 0.623. The van der Waals surface area contributed by atoms with E-state index in [0.717, 1.165) is 27.3 Å². The van der Waals surface area contributed by atoms with Crippen LogP contribution in [0.3, 0.4) is 0 Å². The molecule has 0 amide bonds. The molecule has 0 spiro atoms. The number of halogens is 1. The molecule has 0 saturated heterocycles. The van der Waals surface area contributed by atoms with Gasteiger partial charge >= 0.3 is 0 Å². The van der Waals surface area contributed by atoms with E-state index in [-0.39, 0.29) is 0 Å². The summed E-state index contributed by atoms with van der Waals surface area (Å²) >= 11 is 6.41. The smallest absolute Gasteiger partial charge is 0.227 e. The molecule has 0 fully saturated rings. The van der Waals surface area contributed by atoms with Crippen molar-refractivity contribution in [2.24, 2.45) is 0 Å². The van der Waals surface area contributed by atoms with Crippen LogP contribution in [0.5, 0.6) is 0 Å². The largest absolute Gasteiger partial charge is 0.435 e. The first-order valence-corrected chi connectivity index (χ1v) is 8.14.